The molecule has 0 saturated carbocycles. The van der Waals surface area contributed by atoms with Gasteiger partial charge in [0.25, 0.3) is 5.91 Å². The van der Waals surface area contributed by atoms with Crippen molar-refractivity contribution in [3.63, 3.8) is 0 Å². The fraction of sp³-hybridized carbons (Fsp3) is 0.533. The van der Waals surface area contributed by atoms with Gasteiger partial charge in [-0.2, -0.15) is 0 Å². The van der Waals surface area contributed by atoms with Gasteiger partial charge >= 0.3 is 0 Å². The summed E-state index contributed by atoms with van der Waals surface area (Å²) in [5.74, 6) is 0.0365. The second kappa shape index (κ2) is 6.15. The number of aliphatic hydroxyl groups excluding tert-OH is 1. The summed E-state index contributed by atoms with van der Waals surface area (Å²) < 4.78 is 13.1. The van der Waals surface area contributed by atoms with Gasteiger partial charge in [0.1, 0.15) is 5.82 Å². The van der Waals surface area contributed by atoms with Crippen LogP contribution in [0.15, 0.2) is 18.2 Å². The number of aryl methyl sites for hydroxylation is 1. The largest absolute Gasteiger partial charge is 0.396 e. The molecule has 1 N–H and O–H groups in total. The van der Waals surface area contributed by atoms with Crippen LogP contribution in [0.4, 0.5) is 4.39 Å². The van der Waals surface area contributed by atoms with E-state index in [1.165, 1.54) is 12.1 Å². The molecule has 1 aliphatic heterocycles. The van der Waals surface area contributed by atoms with Crippen LogP contribution in [-0.2, 0) is 0 Å². The number of nitrogens with zero attached hydrogens (tertiary/aromatic N) is 1. The summed E-state index contributed by atoms with van der Waals surface area (Å²) in [5, 5.41) is 8.99. The first-order valence-electron chi connectivity index (χ1n) is 6.78. The molecule has 1 saturated heterocycles. The Morgan fingerprint density at radius 2 is 2.32 bits per heavy atom. The number of piperidine rings is 1. The smallest absolute Gasteiger partial charge is 0.254 e. The van der Waals surface area contributed by atoms with E-state index < -0.39 is 0 Å². The monoisotopic (exact) mass is 265 g/mol. The molecule has 0 spiro atoms. The second-order valence-electron chi connectivity index (χ2n) is 5.23. The highest BCUT2D eigenvalue weighted by Crippen LogP contribution is 2.22. The van der Waals surface area contributed by atoms with Crippen LogP contribution in [0.25, 0.3) is 0 Å². The molecular weight excluding hydrogens is 245 g/mol. The van der Waals surface area contributed by atoms with E-state index in [9.17, 15) is 9.18 Å². The summed E-state index contributed by atoms with van der Waals surface area (Å²) in [6.45, 7) is 3.36. The molecule has 0 aromatic heterocycles. The molecule has 0 radical (unpaired) electrons. The highest BCUT2D eigenvalue weighted by atomic mass is 19.1. The molecule has 4 heteroatoms. The number of likely N-dealkylation sites (tertiary alicyclic amines) is 1. The van der Waals surface area contributed by atoms with Crippen molar-refractivity contribution in [2.24, 2.45) is 5.92 Å². The van der Waals surface area contributed by atoms with Crippen LogP contribution in [0.5, 0.6) is 0 Å². The lowest BCUT2D eigenvalue weighted by Gasteiger charge is -2.33. The van der Waals surface area contributed by atoms with Crippen molar-refractivity contribution in [2.45, 2.75) is 26.2 Å². The first-order chi connectivity index (χ1) is 9.11. The number of benzene rings is 1. The summed E-state index contributed by atoms with van der Waals surface area (Å²) in [4.78, 5) is 14.2. The fourth-order valence-corrected chi connectivity index (χ4v) is 2.71. The molecule has 1 aliphatic rings. The SMILES string of the molecule is Cc1cc(F)ccc1C(=O)N1CCCC(CCO)C1. The molecule has 3 nitrogen and oxygen atoms in total. The molecule has 0 aliphatic carbocycles. The van der Waals surface area contributed by atoms with Crippen LogP contribution in [0.2, 0.25) is 0 Å². The Kier molecular flexibility index (Phi) is 4.53. The fourth-order valence-electron chi connectivity index (χ4n) is 2.71. The van der Waals surface area contributed by atoms with Crippen molar-refractivity contribution in [3.8, 4) is 0 Å². The van der Waals surface area contributed by atoms with Crippen molar-refractivity contribution in [2.75, 3.05) is 19.7 Å². The van der Waals surface area contributed by atoms with E-state index in [1.54, 1.807) is 13.0 Å². The van der Waals surface area contributed by atoms with Gasteiger partial charge in [0.2, 0.25) is 0 Å². The van der Waals surface area contributed by atoms with Gasteiger partial charge in [-0.15, -0.1) is 0 Å². The molecule has 1 amide bonds. The van der Waals surface area contributed by atoms with Crippen molar-refractivity contribution < 1.29 is 14.3 Å². The predicted octanol–water partition coefficient (Wildman–Crippen LogP) is 2.37. The number of rotatable bonds is 3. The number of hydrogen-bond acceptors (Lipinski definition) is 2. The highest BCUT2D eigenvalue weighted by molar-refractivity contribution is 5.95. The van der Waals surface area contributed by atoms with E-state index >= 15 is 0 Å². The summed E-state index contributed by atoms with van der Waals surface area (Å²) >= 11 is 0. The predicted molar refractivity (Wildman–Crippen MR) is 71.5 cm³/mol. The third-order valence-electron chi connectivity index (χ3n) is 3.76. The Bertz CT molecular complexity index is 459. The van der Waals surface area contributed by atoms with Gasteiger partial charge < -0.3 is 10.0 Å². The topological polar surface area (TPSA) is 40.5 Å². The van der Waals surface area contributed by atoms with E-state index in [0.717, 1.165) is 25.8 Å². The molecule has 1 fully saturated rings. The van der Waals surface area contributed by atoms with Crippen molar-refractivity contribution in [1.82, 2.24) is 4.90 Å². The molecule has 1 unspecified atom stereocenters. The first kappa shape index (κ1) is 14.0. The van der Waals surface area contributed by atoms with Crippen molar-refractivity contribution in [1.29, 1.82) is 0 Å². The highest BCUT2D eigenvalue weighted by Gasteiger charge is 2.24. The summed E-state index contributed by atoms with van der Waals surface area (Å²) in [5.41, 5.74) is 1.25. The minimum atomic E-state index is -0.314. The Morgan fingerprint density at radius 1 is 1.53 bits per heavy atom. The van der Waals surface area contributed by atoms with Crippen LogP contribution in [0.3, 0.4) is 0 Å². The van der Waals surface area contributed by atoms with Crippen LogP contribution < -0.4 is 0 Å². The normalized spacial score (nSPS) is 19.5. The van der Waals surface area contributed by atoms with Crippen LogP contribution in [0, 0.1) is 18.7 Å². The summed E-state index contributed by atoms with van der Waals surface area (Å²) in [6.07, 6.45) is 2.77. The van der Waals surface area contributed by atoms with E-state index in [0.29, 0.717) is 23.6 Å². The van der Waals surface area contributed by atoms with Crippen LogP contribution in [-0.4, -0.2) is 35.6 Å². The average Bonchev–Trinajstić information content (AvgIpc) is 2.39. The summed E-state index contributed by atoms with van der Waals surface area (Å²) in [6, 6.07) is 4.28. The van der Waals surface area contributed by atoms with Gasteiger partial charge in [-0.1, -0.05) is 0 Å². The third kappa shape index (κ3) is 3.32. The molecular formula is C15H20FNO2. The van der Waals surface area contributed by atoms with E-state index in [4.69, 9.17) is 5.11 Å². The van der Waals surface area contributed by atoms with Gasteiger partial charge in [0, 0.05) is 25.3 Å². The maximum Gasteiger partial charge on any atom is 0.254 e. The first-order valence-corrected chi connectivity index (χ1v) is 6.78. The quantitative estimate of drug-likeness (QED) is 0.911. The van der Waals surface area contributed by atoms with Gasteiger partial charge in [0.05, 0.1) is 0 Å². The number of aliphatic hydroxyl groups is 1. The third-order valence-corrected chi connectivity index (χ3v) is 3.76. The molecule has 2 rings (SSSR count). The summed E-state index contributed by atoms with van der Waals surface area (Å²) in [7, 11) is 0. The Balaban J connectivity index is 2.10. The van der Waals surface area contributed by atoms with E-state index in [1.807, 2.05) is 4.90 Å². The zero-order valence-electron chi connectivity index (χ0n) is 11.2. The van der Waals surface area contributed by atoms with E-state index in [2.05, 4.69) is 0 Å². The number of halogens is 1. The lowest BCUT2D eigenvalue weighted by atomic mass is 9.94. The standard InChI is InChI=1S/C15H20FNO2/c1-11-9-13(16)4-5-14(11)15(19)17-7-2-3-12(10-17)6-8-18/h4-5,9,12,18H,2-3,6-8,10H2,1H3. The number of amides is 1. The van der Waals surface area contributed by atoms with Gasteiger partial charge in [-0.3, -0.25) is 4.79 Å². The zero-order valence-corrected chi connectivity index (χ0v) is 11.2. The van der Waals surface area contributed by atoms with Gasteiger partial charge in [-0.05, 0) is 55.9 Å². The minimum absolute atomic E-state index is 0.0276. The van der Waals surface area contributed by atoms with Gasteiger partial charge in [-0.25, -0.2) is 4.39 Å². The van der Waals surface area contributed by atoms with Crippen LogP contribution >= 0.6 is 0 Å². The Hall–Kier alpha value is -1.42. The second-order valence-corrected chi connectivity index (χ2v) is 5.23. The van der Waals surface area contributed by atoms with Crippen LogP contribution in [0.1, 0.15) is 35.2 Å². The van der Waals surface area contributed by atoms with E-state index in [-0.39, 0.29) is 18.3 Å². The Morgan fingerprint density at radius 3 is 3.00 bits per heavy atom. The molecule has 0 bridgehead atoms. The number of carbonyl (C=O) groups is 1. The maximum atomic E-state index is 13.1. The lowest BCUT2D eigenvalue weighted by molar-refractivity contribution is 0.0653. The maximum absolute atomic E-state index is 13.1. The average molecular weight is 265 g/mol. The number of carbonyl (C=O) groups excluding carboxylic acids is 1. The lowest BCUT2D eigenvalue weighted by Crippen LogP contribution is -2.40. The minimum Gasteiger partial charge on any atom is -0.396 e. The van der Waals surface area contributed by atoms with Crippen molar-refractivity contribution in [3.05, 3.63) is 35.1 Å². The molecule has 1 aromatic rings. The van der Waals surface area contributed by atoms with Gasteiger partial charge in [0.15, 0.2) is 0 Å². The molecule has 19 heavy (non-hydrogen) atoms. The molecule has 1 atom stereocenters. The number of hydrogen-bond donors (Lipinski definition) is 1. The molecule has 104 valence electrons. The Labute approximate surface area is 113 Å². The zero-order chi connectivity index (χ0) is 13.8. The molecule has 1 heterocycles. The van der Waals surface area contributed by atoms with Crippen molar-refractivity contribution >= 4 is 5.91 Å². The molecule has 1 aromatic carbocycles.